The van der Waals surface area contributed by atoms with E-state index in [1.165, 1.54) is 28.5 Å². The first-order valence-corrected chi connectivity index (χ1v) is 8.83. The number of carbonyl (C=O) groups is 1. The number of hydrogen-bond acceptors (Lipinski definition) is 4. The fourth-order valence-corrected chi connectivity index (χ4v) is 3.33. The van der Waals surface area contributed by atoms with Crippen molar-refractivity contribution in [2.24, 2.45) is 0 Å². The Labute approximate surface area is 151 Å². The topological polar surface area (TPSA) is 54.9 Å². The van der Waals surface area contributed by atoms with Crippen LogP contribution < -0.4 is 5.32 Å². The summed E-state index contributed by atoms with van der Waals surface area (Å²) >= 11 is 1.52. The van der Waals surface area contributed by atoms with E-state index in [0.29, 0.717) is 5.13 Å². The summed E-state index contributed by atoms with van der Waals surface area (Å²) in [6.45, 7) is 4.05. The summed E-state index contributed by atoms with van der Waals surface area (Å²) in [5, 5.41) is 3.45. The molecule has 2 heterocycles. The second-order valence-corrected chi connectivity index (χ2v) is 6.88. The third kappa shape index (κ3) is 4.84. The summed E-state index contributed by atoms with van der Waals surface area (Å²) in [7, 11) is 0. The minimum Gasteiger partial charge on any atom is -0.298 e. The van der Waals surface area contributed by atoms with Gasteiger partial charge in [0.1, 0.15) is 0 Å². The number of aromatic nitrogens is 2. The molecular weight excluding hydrogens is 330 g/mol. The first-order chi connectivity index (χ1) is 12.1. The molecule has 0 aliphatic rings. The lowest BCUT2D eigenvalue weighted by atomic mass is 10.1. The highest BCUT2D eigenvalue weighted by molar-refractivity contribution is 7.15. The van der Waals surface area contributed by atoms with Gasteiger partial charge in [-0.2, -0.15) is 0 Å². The Hall–Kier alpha value is -2.79. The number of nitrogens with zero attached hydrogens (tertiary/aromatic N) is 2. The van der Waals surface area contributed by atoms with Crippen molar-refractivity contribution in [1.82, 2.24) is 9.97 Å². The van der Waals surface area contributed by atoms with Crippen molar-refractivity contribution < 1.29 is 4.79 Å². The van der Waals surface area contributed by atoms with Crippen LogP contribution in [0.4, 0.5) is 5.13 Å². The number of benzene rings is 1. The van der Waals surface area contributed by atoms with Crippen molar-refractivity contribution >= 4 is 28.5 Å². The Bertz CT molecular complexity index is 883. The highest BCUT2D eigenvalue weighted by atomic mass is 32.1. The van der Waals surface area contributed by atoms with Gasteiger partial charge in [-0.3, -0.25) is 15.1 Å². The van der Waals surface area contributed by atoms with E-state index in [9.17, 15) is 4.79 Å². The quantitative estimate of drug-likeness (QED) is 0.695. The number of anilines is 1. The molecule has 3 aromatic rings. The summed E-state index contributed by atoms with van der Waals surface area (Å²) in [4.78, 5) is 21.7. The molecule has 0 atom stereocenters. The minimum absolute atomic E-state index is 0.195. The predicted octanol–water partition coefficient (Wildman–Crippen LogP) is 4.40. The van der Waals surface area contributed by atoms with Gasteiger partial charge in [0.15, 0.2) is 5.13 Å². The molecule has 1 N–H and O–H groups in total. The van der Waals surface area contributed by atoms with Crippen LogP contribution in [0, 0.1) is 13.8 Å². The smallest absolute Gasteiger partial charge is 0.250 e. The van der Waals surface area contributed by atoms with E-state index < -0.39 is 0 Å². The van der Waals surface area contributed by atoms with E-state index in [0.717, 1.165) is 22.6 Å². The molecule has 0 unspecified atom stereocenters. The van der Waals surface area contributed by atoms with Gasteiger partial charge in [0.05, 0.1) is 5.69 Å². The zero-order valence-corrected chi connectivity index (χ0v) is 15.0. The van der Waals surface area contributed by atoms with Gasteiger partial charge in [-0.05, 0) is 37.1 Å². The summed E-state index contributed by atoms with van der Waals surface area (Å²) in [6.07, 6.45) is 7.46. The molecule has 3 rings (SSSR count). The van der Waals surface area contributed by atoms with Crippen molar-refractivity contribution in [3.63, 3.8) is 0 Å². The lowest BCUT2D eigenvalue weighted by Gasteiger charge is -2.00. The molecule has 0 bridgehead atoms. The first kappa shape index (κ1) is 17.0. The number of amides is 1. The normalized spacial score (nSPS) is 11.0. The molecule has 2 aromatic heterocycles. The molecule has 0 radical (unpaired) electrons. The van der Waals surface area contributed by atoms with Crippen LogP contribution in [0.5, 0.6) is 0 Å². The Morgan fingerprint density at radius 2 is 2.00 bits per heavy atom. The average Bonchev–Trinajstić information content (AvgIpc) is 2.95. The maximum Gasteiger partial charge on any atom is 0.250 e. The van der Waals surface area contributed by atoms with E-state index in [1.54, 1.807) is 18.5 Å². The van der Waals surface area contributed by atoms with Crippen LogP contribution in [0.15, 0.2) is 54.9 Å². The third-order valence-electron chi connectivity index (χ3n) is 3.72. The largest absolute Gasteiger partial charge is 0.298 e. The first-order valence-electron chi connectivity index (χ1n) is 8.01. The van der Waals surface area contributed by atoms with Gasteiger partial charge in [-0.25, -0.2) is 4.98 Å². The lowest BCUT2D eigenvalue weighted by molar-refractivity contribution is -0.111. The summed E-state index contributed by atoms with van der Waals surface area (Å²) < 4.78 is 0. The van der Waals surface area contributed by atoms with Crippen molar-refractivity contribution in [1.29, 1.82) is 0 Å². The van der Waals surface area contributed by atoms with Gasteiger partial charge in [0, 0.05) is 29.8 Å². The van der Waals surface area contributed by atoms with Crippen molar-refractivity contribution in [2.45, 2.75) is 20.3 Å². The molecule has 4 nitrogen and oxygen atoms in total. The van der Waals surface area contributed by atoms with E-state index in [4.69, 9.17) is 0 Å². The molecule has 25 heavy (non-hydrogen) atoms. The second-order valence-electron chi connectivity index (χ2n) is 5.80. The van der Waals surface area contributed by atoms with Gasteiger partial charge in [-0.1, -0.05) is 35.9 Å². The Kier molecular flexibility index (Phi) is 5.36. The number of aryl methyl sites for hydroxylation is 2. The highest BCUT2D eigenvalue weighted by Crippen LogP contribution is 2.25. The molecule has 0 saturated heterocycles. The van der Waals surface area contributed by atoms with Gasteiger partial charge in [-0.15, -0.1) is 11.3 Å². The maximum atomic E-state index is 12.1. The number of nitrogens with one attached hydrogen (secondary N) is 1. The number of thiazole rings is 1. The van der Waals surface area contributed by atoms with E-state index in [2.05, 4.69) is 46.5 Å². The molecule has 5 heteroatoms. The molecule has 0 fully saturated rings. The summed E-state index contributed by atoms with van der Waals surface area (Å²) in [6, 6.07) is 12.2. The van der Waals surface area contributed by atoms with Crippen molar-refractivity contribution in [2.75, 3.05) is 5.32 Å². The van der Waals surface area contributed by atoms with Crippen LogP contribution in [0.3, 0.4) is 0 Å². The molecule has 1 aromatic carbocycles. The molecular formula is C20H19N3OS. The number of rotatable bonds is 5. The van der Waals surface area contributed by atoms with E-state index in [-0.39, 0.29) is 5.91 Å². The third-order valence-corrected chi connectivity index (χ3v) is 4.79. The number of pyridine rings is 1. The average molecular weight is 349 g/mol. The number of carbonyl (C=O) groups excluding carboxylic acids is 1. The second kappa shape index (κ2) is 7.85. The Morgan fingerprint density at radius 1 is 1.20 bits per heavy atom. The van der Waals surface area contributed by atoms with Crippen LogP contribution in [0.2, 0.25) is 0 Å². The molecule has 0 aliphatic heterocycles. The zero-order valence-electron chi connectivity index (χ0n) is 14.2. The standard InChI is InChI=1S/C20H19N3OS/c1-14-5-7-16(8-6-14)12-18-15(2)22-20(25-18)23-19(24)10-9-17-4-3-11-21-13-17/h3-11,13H,12H2,1-2H3,(H,22,23,24)/b10-9+. The molecule has 126 valence electrons. The van der Waals surface area contributed by atoms with Gasteiger partial charge >= 0.3 is 0 Å². The Morgan fingerprint density at radius 3 is 2.72 bits per heavy atom. The fraction of sp³-hybridized carbons (Fsp3) is 0.150. The van der Waals surface area contributed by atoms with Crippen molar-refractivity contribution in [3.8, 4) is 0 Å². The zero-order chi connectivity index (χ0) is 17.6. The van der Waals surface area contributed by atoms with Crippen LogP contribution >= 0.6 is 11.3 Å². The van der Waals surface area contributed by atoms with E-state index >= 15 is 0 Å². The van der Waals surface area contributed by atoms with Crippen LogP contribution in [0.25, 0.3) is 6.08 Å². The highest BCUT2D eigenvalue weighted by Gasteiger charge is 2.10. The minimum atomic E-state index is -0.195. The van der Waals surface area contributed by atoms with Crippen LogP contribution in [-0.2, 0) is 11.2 Å². The molecule has 0 saturated carbocycles. The fourth-order valence-electron chi connectivity index (χ4n) is 2.33. The lowest BCUT2D eigenvalue weighted by Crippen LogP contribution is -2.07. The van der Waals surface area contributed by atoms with Crippen LogP contribution in [-0.4, -0.2) is 15.9 Å². The molecule has 0 aliphatic carbocycles. The number of hydrogen-bond donors (Lipinski definition) is 1. The summed E-state index contributed by atoms with van der Waals surface area (Å²) in [5.41, 5.74) is 4.33. The molecule has 0 spiro atoms. The molecule has 1 amide bonds. The monoisotopic (exact) mass is 349 g/mol. The maximum absolute atomic E-state index is 12.1. The predicted molar refractivity (Wildman–Crippen MR) is 103 cm³/mol. The van der Waals surface area contributed by atoms with Gasteiger partial charge < -0.3 is 0 Å². The Balaban J connectivity index is 1.64. The van der Waals surface area contributed by atoms with Crippen LogP contribution in [0.1, 0.15) is 27.3 Å². The SMILES string of the molecule is Cc1ccc(Cc2sc(NC(=O)/C=C/c3cccnc3)nc2C)cc1. The van der Waals surface area contributed by atoms with Gasteiger partial charge in [0.2, 0.25) is 5.91 Å². The van der Waals surface area contributed by atoms with Gasteiger partial charge in [0.25, 0.3) is 0 Å². The van der Waals surface area contributed by atoms with Crippen molar-refractivity contribution in [3.05, 3.63) is 82.1 Å². The van der Waals surface area contributed by atoms with E-state index in [1.807, 2.05) is 19.1 Å². The summed E-state index contributed by atoms with van der Waals surface area (Å²) in [5.74, 6) is -0.195.